The van der Waals surface area contributed by atoms with Gasteiger partial charge in [0.25, 0.3) is 0 Å². The molecule has 0 amide bonds. The molecule has 0 aliphatic heterocycles. The Balaban J connectivity index is 2.00. The third kappa shape index (κ3) is 3.75. The number of nitrogens with one attached hydrogen (secondary N) is 1. The van der Waals surface area contributed by atoms with Crippen LogP contribution in [-0.4, -0.2) is 39.6 Å². The van der Waals surface area contributed by atoms with Gasteiger partial charge in [-0.1, -0.05) is 13.8 Å². The van der Waals surface area contributed by atoms with Gasteiger partial charge in [0.15, 0.2) is 23.2 Å². The molecular formula is C21H21F4N7O2. The van der Waals surface area contributed by atoms with E-state index in [4.69, 9.17) is 0 Å². The molecule has 0 aliphatic rings. The number of rotatable bonds is 5. The van der Waals surface area contributed by atoms with E-state index in [1.807, 2.05) is 0 Å². The maximum atomic E-state index is 15.2. The molecule has 0 aliphatic carbocycles. The molecule has 180 valence electrons. The lowest BCUT2D eigenvalue weighted by atomic mass is 10.0. The molecule has 0 radical (unpaired) electrons. The van der Waals surface area contributed by atoms with Crippen LogP contribution >= 0.6 is 0 Å². The van der Waals surface area contributed by atoms with Gasteiger partial charge in [-0.15, -0.1) is 5.10 Å². The number of H-pyrrole nitrogens is 1. The zero-order valence-electron chi connectivity index (χ0n) is 18.7. The fourth-order valence-electron chi connectivity index (χ4n) is 3.81. The molecule has 0 atom stereocenters. The van der Waals surface area contributed by atoms with E-state index in [0.717, 1.165) is 10.7 Å². The van der Waals surface area contributed by atoms with Crippen molar-refractivity contribution in [1.29, 1.82) is 0 Å². The molecule has 3 heterocycles. The molecule has 9 nitrogen and oxygen atoms in total. The number of aromatic nitrogens is 7. The van der Waals surface area contributed by atoms with Crippen molar-refractivity contribution in [2.24, 2.45) is 0 Å². The van der Waals surface area contributed by atoms with E-state index in [1.54, 1.807) is 20.8 Å². The number of benzene rings is 1. The smallest absolute Gasteiger partial charge is 0.388 e. The van der Waals surface area contributed by atoms with Crippen LogP contribution in [0.2, 0.25) is 0 Å². The van der Waals surface area contributed by atoms with Crippen molar-refractivity contribution in [3.8, 4) is 17.1 Å². The molecule has 0 unspecified atom stereocenters. The Kier molecular flexibility index (Phi) is 5.75. The number of hydrogen-bond acceptors (Lipinski definition) is 6. The minimum absolute atomic E-state index is 0.0639. The second kappa shape index (κ2) is 8.31. The fourth-order valence-corrected chi connectivity index (χ4v) is 3.81. The standard InChI is InChI=1S/C21H21F4N7O2/c1-5-31-15(8-33)30-32(20(31)34)14-6-11-13(7-12(14)22)26-19(27-17(11)9(2)3)16-10(4)28-29-18(16)21(23,24)25/h6-7,9,33H,5,8H2,1-4H3,(H,28,29). The number of aryl methyl sites for hydroxylation is 1. The number of aromatic amines is 1. The molecule has 1 aromatic carbocycles. The molecule has 0 saturated carbocycles. The lowest BCUT2D eigenvalue weighted by Gasteiger charge is -2.14. The topological polar surface area (TPSA) is 115 Å². The number of halogens is 4. The van der Waals surface area contributed by atoms with Crippen LogP contribution in [0.3, 0.4) is 0 Å². The average molecular weight is 479 g/mol. The van der Waals surface area contributed by atoms with Gasteiger partial charge in [0.2, 0.25) is 0 Å². The van der Waals surface area contributed by atoms with Crippen molar-refractivity contribution in [2.45, 2.75) is 52.9 Å². The molecule has 3 aromatic heterocycles. The minimum atomic E-state index is -4.74. The Morgan fingerprint density at radius 2 is 1.91 bits per heavy atom. The summed E-state index contributed by atoms with van der Waals surface area (Å²) in [6.07, 6.45) is -4.74. The molecule has 4 aromatic rings. The van der Waals surface area contributed by atoms with Crippen molar-refractivity contribution in [3.05, 3.63) is 51.3 Å². The SMILES string of the molecule is CCn1c(CO)nn(-c2cc3c(C(C)C)nc(-c4c(C(F)(F)F)n[nH]c4C)nc3cc2F)c1=O. The van der Waals surface area contributed by atoms with Crippen molar-refractivity contribution < 1.29 is 22.7 Å². The Morgan fingerprint density at radius 3 is 2.47 bits per heavy atom. The van der Waals surface area contributed by atoms with Gasteiger partial charge in [0.1, 0.15) is 12.3 Å². The third-order valence-corrected chi connectivity index (χ3v) is 5.40. The summed E-state index contributed by atoms with van der Waals surface area (Å²) in [4.78, 5) is 21.3. The predicted molar refractivity (Wildman–Crippen MR) is 114 cm³/mol. The van der Waals surface area contributed by atoms with E-state index in [0.29, 0.717) is 11.1 Å². The van der Waals surface area contributed by atoms with Gasteiger partial charge in [0.05, 0.1) is 16.8 Å². The van der Waals surface area contributed by atoms with E-state index in [-0.39, 0.29) is 46.6 Å². The highest BCUT2D eigenvalue weighted by molar-refractivity contribution is 5.85. The number of alkyl halides is 3. The lowest BCUT2D eigenvalue weighted by Crippen LogP contribution is -2.24. The van der Waals surface area contributed by atoms with Crippen LogP contribution in [0.15, 0.2) is 16.9 Å². The first kappa shape index (κ1) is 23.5. The summed E-state index contributed by atoms with van der Waals surface area (Å²) >= 11 is 0. The summed E-state index contributed by atoms with van der Waals surface area (Å²) in [5.74, 6) is -1.31. The number of hydrogen-bond donors (Lipinski definition) is 2. The third-order valence-electron chi connectivity index (χ3n) is 5.40. The second-order valence-corrected chi connectivity index (χ2v) is 7.99. The lowest BCUT2D eigenvalue weighted by molar-refractivity contribution is -0.140. The Morgan fingerprint density at radius 1 is 1.21 bits per heavy atom. The van der Waals surface area contributed by atoms with Gasteiger partial charge in [-0.3, -0.25) is 9.67 Å². The van der Waals surface area contributed by atoms with Gasteiger partial charge in [-0.25, -0.2) is 19.2 Å². The van der Waals surface area contributed by atoms with Crippen LogP contribution in [0, 0.1) is 12.7 Å². The number of aliphatic hydroxyl groups excluding tert-OH is 1. The van der Waals surface area contributed by atoms with Crippen molar-refractivity contribution in [3.63, 3.8) is 0 Å². The number of aliphatic hydroxyl groups is 1. The van der Waals surface area contributed by atoms with Crippen molar-refractivity contribution in [2.75, 3.05) is 0 Å². The molecule has 0 saturated heterocycles. The van der Waals surface area contributed by atoms with Crippen LogP contribution in [0.4, 0.5) is 17.6 Å². The zero-order chi connectivity index (χ0) is 24.9. The Bertz CT molecular complexity index is 1450. The average Bonchev–Trinajstić information content (AvgIpc) is 3.31. The maximum Gasteiger partial charge on any atom is 0.435 e. The van der Waals surface area contributed by atoms with Crippen LogP contribution in [0.25, 0.3) is 28.0 Å². The zero-order valence-corrected chi connectivity index (χ0v) is 18.7. The van der Waals surface area contributed by atoms with Gasteiger partial charge in [-0.2, -0.15) is 23.0 Å². The van der Waals surface area contributed by atoms with Crippen LogP contribution in [-0.2, 0) is 19.3 Å². The first-order chi connectivity index (χ1) is 16.0. The molecule has 0 spiro atoms. The predicted octanol–water partition coefficient (Wildman–Crippen LogP) is 3.47. The largest absolute Gasteiger partial charge is 0.435 e. The summed E-state index contributed by atoms with van der Waals surface area (Å²) in [6.45, 7) is 6.37. The van der Waals surface area contributed by atoms with E-state index in [2.05, 4.69) is 25.3 Å². The Labute approximate surface area is 190 Å². The summed E-state index contributed by atoms with van der Waals surface area (Å²) in [5, 5.41) is 19.5. The van der Waals surface area contributed by atoms with Crippen LogP contribution in [0.1, 0.15) is 49.6 Å². The highest BCUT2D eigenvalue weighted by Crippen LogP contribution is 2.37. The highest BCUT2D eigenvalue weighted by atomic mass is 19.4. The monoisotopic (exact) mass is 479 g/mol. The van der Waals surface area contributed by atoms with Crippen LogP contribution < -0.4 is 5.69 Å². The quantitative estimate of drug-likeness (QED) is 0.424. The van der Waals surface area contributed by atoms with Gasteiger partial charge in [0, 0.05) is 23.7 Å². The highest BCUT2D eigenvalue weighted by Gasteiger charge is 2.39. The summed E-state index contributed by atoms with van der Waals surface area (Å²) in [5.41, 5.74) is -1.76. The summed E-state index contributed by atoms with van der Waals surface area (Å²) in [7, 11) is 0. The van der Waals surface area contributed by atoms with Crippen molar-refractivity contribution in [1.82, 2.24) is 34.5 Å². The van der Waals surface area contributed by atoms with Gasteiger partial charge in [-0.05, 0) is 25.8 Å². The molecule has 0 fully saturated rings. The summed E-state index contributed by atoms with van der Waals surface area (Å²) < 4.78 is 57.7. The number of nitrogens with zero attached hydrogens (tertiary/aromatic N) is 6. The van der Waals surface area contributed by atoms with E-state index in [9.17, 15) is 23.1 Å². The molecule has 34 heavy (non-hydrogen) atoms. The molecule has 13 heteroatoms. The van der Waals surface area contributed by atoms with E-state index >= 15 is 4.39 Å². The normalized spacial score (nSPS) is 12.3. The van der Waals surface area contributed by atoms with Gasteiger partial charge < -0.3 is 5.11 Å². The maximum absolute atomic E-state index is 15.2. The van der Waals surface area contributed by atoms with Crippen molar-refractivity contribution >= 4 is 10.9 Å². The second-order valence-electron chi connectivity index (χ2n) is 7.99. The van der Waals surface area contributed by atoms with Crippen LogP contribution in [0.5, 0.6) is 0 Å². The van der Waals surface area contributed by atoms with E-state index < -0.39 is 30.0 Å². The molecule has 0 bridgehead atoms. The number of fused-ring (bicyclic) bond motifs is 1. The molecular weight excluding hydrogens is 458 g/mol. The first-order valence-corrected chi connectivity index (χ1v) is 10.4. The van der Waals surface area contributed by atoms with Gasteiger partial charge >= 0.3 is 11.9 Å². The Hall–Kier alpha value is -3.61. The first-order valence-electron chi connectivity index (χ1n) is 10.4. The molecule has 2 N–H and O–H groups in total. The molecule has 4 rings (SSSR count). The minimum Gasteiger partial charge on any atom is -0.388 e. The summed E-state index contributed by atoms with van der Waals surface area (Å²) in [6, 6.07) is 2.37. The fraction of sp³-hybridized carbons (Fsp3) is 0.381. The van der Waals surface area contributed by atoms with E-state index in [1.165, 1.54) is 17.6 Å².